The number of fused-ring (bicyclic) bond motifs is 1. The van der Waals surface area contributed by atoms with Crippen LogP contribution >= 0.6 is 11.6 Å². The third-order valence-electron chi connectivity index (χ3n) is 6.54. The molecule has 0 bridgehead atoms. The zero-order valence-corrected chi connectivity index (χ0v) is 21.2. The summed E-state index contributed by atoms with van der Waals surface area (Å²) in [6, 6.07) is 22.8. The molecule has 1 saturated heterocycles. The minimum Gasteiger partial charge on any atom is -0.507 e. The third-order valence-corrected chi connectivity index (χ3v) is 6.82. The number of ether oxygens (including phenoxy) is 2. The molecular weight excluding hydrogens is 490 g/mol. The summed E-state index contributed by atoms with van der Waals surface area (Å²) in [5, 5.41) is 13.7. The third kappa shape index (κ3) is 4.09. The van der Waals surface area contributed by atoms with E-state index < -0.39 is 17.7 Å². The van der Waals surface area contributed by atoms with Gasteiger partial charge in [0.25, 0.3) is 11.7 Å². The van der Waals surface area contributed by atoms with E-state index >= 15 is 0 Å². The molecule has 1 amide bonds. The number of hydrogen-bond acceptors (Lipinski definition) is 5. The Morgan fingerprint density at radius 3 is 2.41 bits per heavy atom. The Kier molecular flexibility index (Phi) is 6.36. The number of rotatable bonds is 5. The van der Waals surface area contributed by atoms with Crippen LogP contribution in [0, 0.1) is 6.92 Å². The molecular formula is C30H24ClNO5. The highest BCUT2D eigenvalue weighted by Gasteiger charge is 2.47. The van der Waals surface area contributed by atoms with Gasteiger partial charge in [0, 0.05) is 11.8 Å². The molecule has 1 atom stereocenters. The standard InChI is InChI=1S/C30H24ClNO5/c1-17-14-23(29(37-3)24(31)15-17)27(33)25-26(22-13-6-9-18-8-4-5-12-21(18)22)32(30(35)28(25)34)19-10-7-11-20(16-19)36-2/h4-16,26,33H,1-3H3/b27-25+. The second-order valence-corrected chi connectivity index (χ2v) is 9.17. The quantitative estimate of drug-likeness (QED) is 0.189. The largest absolute Gasteiger partial charge is 0.507 e. The number of nitrogens with zero attached hydrogens (tertiary/aromatic N) is 1. The molecule has 1 aliphatic heterocycles. The summed E-state index contributed by atoms with van der Waals surface area (Å²) in [7, 11) is 2.97. The first-order chi connectivity index (χ1) is 17.8. The predicted octanol–water partition coefficient (Wildman–Crippen LogP) is 6.45. The van der Waals surface area contributed by atoms with Crippen LogP contribution in [-0.2, 0) is 9.59 Å². The number of aliphatic hydroxyl groups excluding tert-OH is 1. The molecule has 5 rings (SSSR count). The molecule has 7 heteroatoms. The minimum absolute atomic E-state index is 0.0517. The van der Waals surface area contributed by atoms with Crippen molar-refractivity contribution in [3.05, 3.63) is 106 Å². The first-order valence-corrected chi connectivity index (χ1v) is 12.0. The van der Waals surface area contributed by atoms with Gasteiger partial charge >= 0.3 is 0 Å². The highest BCUT2D eigenvalue weighted by Crippen LogP contribution is 2.46. The van der Waals surface area contributed by atoms with Gasteiger partial charge in [0.05, 0.1) is 36.4 Å². The first kappa shape index (κ1) is 24.4. The number of hydrogen-bond donors (Lipinski definition) is 1. The van der Waals surface area contributed by atoms with Gasteiger partial charge in [0.1, 0.15) is 17.3 Å². The zero-order valence-electron chi connectivity index (χ0n) is 20.5. The molecule has 186 valence electrons. The van der Waals surface area contributed by atoms with Gasteiger partial charge in [-0.15, -0.1) is 0 Å². The number of anilines is 1. The van der Waals surface area contributed by atoms with Crippen LogP contribution < -0.4 is 14.4 Å². The summed E-state index contributed by atoms with van der Waals surface area (Å²) >= 11 is 6.41. The van der Waals surface area contributed by atoms with E-state index in [1.165, 1.54) is 19.1 Å². The number of aliphatic hydroxyl groups is 1. The lowest BCUT2D eigenvalue weighted by Gasteiger charge is -2.27. The Morgan fingerprint density at radius 1 is 0.919 bits per heavy atom. The molecule has 0 spiro atoms. The van der Waals surface area contributed by atoms with E-state index in [0.717, 1.165) is 16.3 Å². The summed E-state index contributed by atoms with van der Waals surface area (Å²) in [5.41, 5.74) is 2.11. The summed E-state index contributed by atoms with van der Waals surface area (Å²) in [6.45, 7) is 1.82. The normalized spacial score (nSPS) is 16.9. The molecule has 1 aliphatic rings. The molecule has 6 nitrogen and oxygen atoms in total. The SMILES string of the molecule is COc1cccc(N2C(=O)C(=O)/C(=C(/O)c3cc(C)cc(Cl)c3OC)C2c2cccc3ccccc23)c1. The van der Waals surface area contributed by atoms with E-state index in [9.17, 15) is 14.7 Å². The molecule has 0 aromatic heterocycles. The summed E-state index contributed by atoms with van der Waals surface area (Å²) in [4.78, 5) is 28.6. The van der Waals surface area contributed by atoms with Crippen LogP contribution in [0.3, 0.4) is 0 Å². The maximum atomic E-state index is 13.6. The van der Waals surface area contributed by atoms with Crippen LogP contribution in [0.1, 0.15) is 22.7 Å². The highest BCUT2D eigenvalue weighted by atomic mass is 35.5. The Bertz CT molecular complexity index is 1590. The number of carbonyl (C=O) groups is 2. The van der Waals surface area contributed by atoms with E-state index in [1.807, 2.05) is 49.4 Å². The van der Waals surface area contributed by atoms with E-state index in [0.29, 0.717) is 17.0 Å². The molecule has 1 unspecified atom stereocenters. The molecule has 0 aliphatic carbocycles. The van der Waals surface area contributed by atoms with Crippen molar-refractivity contribution in [2.45, 2.75) is 13.0 Å². The second-order valence-electron chi connectivity index (χ2n) is 8.77. The van der Waals surface area contributed by atoms with Gasteiger partial charge in [-0.1, -0.05) is 60.1 Å². The van der Waals surface area contributed by atoms with Crippen LogP contribution in [0.15, 0.2) is 84.4 Å². The topological polar surface area (TPSA) is 76.1 Å². The summed E-state index contributed by atoms with van der Waals surface area (Å²) < 4.78 is 10.8. The van der Waals surface area contributed by atoms with Crippen molar-refractivity contribution in [3.63, 3.8) is 0 Å². The van der Waals surface area contributed by atoms with Crippen molar-refractivity contribution >= 4 is 45.5 Å². The molecule has 1 N–H and O–H groups in total. The molecule has 4 aromatic rings. The molecule has 0 radical (unpaired) electrons. The number of benzene rings is 4. The fourth-order valence-electron chi connectivity index (χ4n) is 4.90. The Balaban J connectivity index is 1.85. The van der Waals surface area contributed by atoms with E-state index in [1.54, 1.807) is 36.4 Å². The summed E-state index contributed by atoms with van der Waals surface area (Å²) in [6.07, 6.45) is 0. The predicted molar refractivity (Wildman–Crippen MR) is 144 cm³/mol. The van der Waals surface area contributed by atoms with Crippen molar-refractivity contribution in [3.8, 4) is 11.5 Å². The van der Waals surface area contributed by atoms with Crippen molar-refractivity contribution < 1.29 is 24.2 Å². The number of methoxy groups -OCH3 is 2. The number of carbonyl (C=O) groups excluding carboxylic acids is 2. The number of halogens is 1. The average molecular weight is 514 g/mol. The monoisotopic (exact) mass is 513 g/mol. The lowest BCUT2D eigenvalue weighted by molar-refractivity contribution is -0.132. The van der Waals surface area contributed by atoms with E-state index in [4.69, 9.17) is 21.1 Å². The number of Topliss-reactive ketones (excluding diaryl/α,β-unsaturated/α-hetero) is 1. The van der Waals surface area contributed by atoms with Gasteiger partial charge < -0.3 is 14.6 Å². The lowest BCUT2D eigenvalue weighted by atomic mass is 9.91. The van der Waals surface area contributed by atoms with Crippen LogP contribution in [0.25, 0.3) is 16.5 Å². The average Bonchev–Trinajstić information content (AvgIpc) is 3.17. The Labute approximate surface area is 219 Å². The number of aryl methyl sites for hydroxylation is 1. The van der Waals surface area contributed by atoms with Crippen LogP contribution in [0.4, 0.5) is 5.69 Å². The highest BCUT2D eigenvalue weighted by molar-refractivity contribution is 6.52. The van der Waals surface area contributed by atoms with Gasteiger partial charge in [0.15, 0.2) is 0 Å². The Morgan fingerprint density at radius 2 is 1.65 bits per heavy atom. The smallest absolute Gasteiger partial charge is 0.300 e. The van der Waals surface area contributed by atoms with Crippen LogP contribution in [0.2, 0.25) is 5.02 Å². The lowest BCUT2D eigenvalue weighted by Crippen LogP contribution is -2.29. The molecule has 0 saturated carbocycles. The maximum absolute atomic E-state index is 13.6. The van der Waals surface area contributed by atoms with Crippen LogP contribution in [-0.4, -0.2) is 31.0 Å². The van der Waals surface area contributed by atoms with Crippen molar-refractivity contribution in [1.29, 1.82) is 0 Å². The van der Waals surface area contributed by atoms with E-state index in [2.05, 4.69) is 0 Å². The van der Waals surface area contributed by atoms with Crippen LogP contribution in [0.5, 0.6) is 11.5 Å². The fourth-order valence-corrected chi connectivity index (χ4v) is 5.25. The minimum atomic E-state index is -0.915. The summed E-state index contributed by atoms with van der Waals surface area (Å²) in [5.74, 6) is -1.18. The molecule has 1 fully saturated rings. The van der Waals surface area contributed by atoms with Crippen molar-refractivity contribution in [1.82, 2.24) is 0 Å². The van der Waals surface area contributed by atoms with Gasteiger partial charge in [-0.2, -0.15) is 0 Å². The first-order valence-electron chi connectivity index (χ1n) is 11.6. The van der Waals surface area contributed by atoms with Gasteiger partial charge in [-0.25, -0.2) is 0 Å². The van der Waals surface area contributed by atoms with Gasteiger partial charge in [0.2, 0.25) is 0 Å². The van der Waals surface area contributed by atoms with Gasteiger partial charge in [-0.05, 0) is 53.1 Å². The van der Waals surface area contributed by atoms with Gasteiger partial charge in [-0.3, -0.25) is 14.5 Å². The van der Waals surface area contributed by atoms with E-state index in [-0.39, 0.29) is 27.7 Å². The maximum Gasteiger partial charge on any atom is 0.300 e. The molecule has 1 heterocycles. The molecule has 4 aromatic carbocycles. The Hall–Kier alpha value is -4.29. The van der Waals surface area contributed by atoms with Crippen molar-refractivity contribution in [2.75, 3.05) is 19.1 Å². The zero-order chi connectivity index (χ0) is 26.3. The second kappa shape index (κ2) is 9.64. The molecule has 37 heavy (non-hydrogen) atoms. The number of ketones is 1. The fraction of sp³-hybridized carbons (Fsp3) is 0.133. The number of amides is 1. The van der Waals surface area contributed by atoms with Crippen molar-refractivity contribution in [2.24, 2.45) is 0 Å².